The van der Waals surface area contributed by atoms with Gasteiger partial charge in [-0.15, -0.1) is 0 Å². The fourth-order valence-corrected chi connectivity index (χ4v) is 2.82. The van der Waals surface area contributed by atoms with Crippen molar-refractivity contribution in [1.29, 1.82) is 0 Å². The van der Waals surface area contributed by atoms with Crippen molar-refractivity contribution in [3.8, 4) is 11.3 Å². The number of amides is 1. The Balaban J connectivity index is 1.82. The monoisotopic (exact) mass is 386 g/mol. The number of nitrogens with zero attached hydrogens (tertiary/aromatic N) is 1. The second-order valence-corrected chi connectivity index (χ2v) is 6.24. The topological polar surface area (TPSA) is 106 Å². The van der Waals surface area contributed by atoms with Crippen molar-refractivity contribution in [1.82, 2.24) is 0 Å². The fourth-order valence-electron chi connectivity index (χ4n) is 2.55. The van der Waals surface area contributed by atoms with Crippen LogP contribution in [0.1, 0.15) is 21.7 Å². The molecule has 0 radical (unpaired) electrons. The molecule has 0 aliphatic heterocycles. The molecule has 0 unspecified atom stereocenters. The molecule has 3 rings (SSSR count). The number of furan rings is 1. The van der Waals surface area contributed by atoms with Crippen LogP contribution in [-0.4, -0.2) is 15.9 Å². The number of hydrogen-bond acceptors (Lipinski definition) is 5. The number of rotatable bonds is 5. The number of nitro groups is 1. The number of carbonyl (C=O) groups is 1. The van der Waals surface area contributed by atoms with Gasteiger partial charge in [-0.3, -0.25) is 14.9 Å². The molecule has 0 spiro atoms. The lowest BCUT2D eigenvalue weighted by molar-refractivity contribution is -0.385. The van der Waals surface area contributed by atoms with Gasteiger partial charge in [-0.05, 0) is 43.3 Å². The molecule has 7 nitrogen and oxygen atoms in total. The summed E-state index contributed by atoms with van der Waals surface area (Å²) in [6.45, 7) is 1.39. The smallest absolute Gasteiger partial charge is 0.273 e. The Labute approximate surface area is 159 Å². The standard InChI is InChI=1S/C19H15ClN2O5/c1-11-2-3-12(8-17(11)22(25)26)19(24)21-13-4-6-15(16(20)9-13)18-7-5-14(10-23)27-18/h2-9,23H,10H2,1H3,(H,21,24). The minimum absolute atomic E-state index is 0.117. The number of hydrogen-bond donors (Lipinski definition) is 2. The normalized spacial score (nSPS) is 10.6. The van der Waals surface area contributed by atoms with Gasteiger partial charge in [0.1, 0.15) is 18.1 Å². The zero-order chi connectivity index (χ0) is 19.6. The highest BCUT2D eigenvalue weighted by molar-refractivity contribution is 6.33. The molecule has 27 heavy (non-hydrogen) atoms. The number of halogens is 1. The van der Waals surface area contributed by atoms with Crippen molar-refractivity contribution in [2.75, 3.05) is 5.32 Å². The van der Waals surface area contributed by atoms with Crippen molar-refractivity contribution >= 4 is 28.9 Å². The van der Waals surface area contributed by atoms with E-state index in [1.807, 2.05) is 0 Å². The van der Waals surface area contributed by atoms with E-state index in [9.17, 15) is 14.9 Å². The van der Waals surface area contributed by atoms with Crippen LogP contribution in [0.4, 0.5) is 11.4 Å². The molecule has 0 saturated heterocycles. The van der Waals surface area contributed by atoms with E-state index in [1.54, 1.807) is 37.3 Å². The van der Waals surface area contributed by atoms with Crippen LogP contribution >= 0.6 is 11.6 Å². The first kappa shape index (κ1) is 18.6. The lowest BCUT2D eigenvalue weighted by atomic mass is 10.1. The Hall–Kier alpha value is -3.16. The summed E-state index contributed by atoms with van der Waals surface area (Å²) in [6, 6.07) is 12.5. The molecule has 2 aromatic carbocycles. The Morgan fingerprint density at radius 2 is 2.00 bits per heavy atom. The molecule has 0 atom stereocenters. The van der Waals surface area contributed by atoms with Crippen molar-refractivity contribution in [3.63, 3.8) is 0 Å². The zero-order valence-electron chi connectivity index (χ0n) is 14.2. The van der Waals surface area contributed by atoms with Crippen LogP contribution in [0.3, 0.4) is 0 Å². The first-order valence-corrected chi connectivity index (χ1v) is 8.32. The van der Waals surface area contributed by atoms with Gasteiger partial charge < -0.3 is 14.8 Å². The number of aliphatic hydroxyl groups excluding tert-OH is 1. The average molecular weight is 387 g/mol. The summed E-state index contributed by atoms with van der Waals surface area (Å²) in [5.41, 5.74) is 1.58. The minimum Gasteiger partial charge on any atom is -0.459 e. The molecule has 0 aliphatic carbocycles. The van der Waals surface area contributed by atoms with Gasteiger partial charge >= 0.3 is 0 Å². The quantitative estimate of drug-likeness (QED) is 0.493. The van der Waals surface area contributed by atoms with E-state index in [0.29, 0.717) is 33.4 Å². The Bertz CT molecular complexity index is 1030. The van der Waals surface area contributed by atoms with Gasteiger partial charge in [0, 0.05) is 28.4 Å². The summed E-state index contributed by atoms with van der Waals surface area (Å²) in [6.07, 6.45) is 0. The third kappa shape index (κ3) is 3.99. The molecule has 1 amide bonds. The van der Waals surface area contributed by atoms with Gasteiger partial charge in [0.15, 0.2) is 0 Å². The van der Waals surface area contributed by atoms with E-state index < -0.39 is 10.8 Å². The van der Waals surface area contributed by atoms with E-state index in [0.717, 1.165) is 0 Å². The van der Waals surface area contributed by atoms with Crippen molar-refractivity contribution in [2.24, 2.45) is 0 Å². The van der Waals surface area contributed by atoms with Gasteiger partial charge in [0.25, 0.3) is 11.6 Å². The van der Waals surface area contributed by atoms with E-state index in [-0.39, 0.29) is 17.9 Å². The van der Waals surface area contributed by atoms with Crippen molar-refractivity contribution < 1.29 is 19.2 Å². The molecular formula is C19H15ClN2O5. The largest absolute Gasteiger partial charge is 0.459 e. The predicted octanol–water partition coefficient (Wildman–Crippen LogP) is 4.56. The van der Waals surface area contributed by atoms with E-state index in [2.05, 4.69) is 5.32 Å². The lowest BCUT2D eigenvalue weighted by Crippen LogP contribution is -2.12. The molecule has 8 heteroatoms. The number of aryl methyl sites for hydroxylation is 1. The minimum atomic E-state index is -0.526. The van der Waals surface area contributed by atoms with Crippen LogP contribution in [-0.2, 0) is 6.61 Å². The second kappa shape index (κ2) is 7.61. The Morgan fingerprint density at radius 3 is 2.63 bits per heavy atom. The Morgan fingerprint density at radius 1 is 1.22 bits per heavy atom. The SMILES string of the molecule is Cc1ccc(C(=O)Nc2ccc(-c3ccc(CO)o3)c(Cl)c2)cc1[N+](=O)[O-]. The molecule has 138 valence electrons. The maximum atomic E-state index is 12.4. The summed E-state index contributed by atoms with van der Waals surface area (Å²) in [7, 11) is 0. The van der Waals surface area contributed by atoms with E-state index >= 15 is 0 Å². The van der Waals surface area contributed by atoms with Gasteiger partial charge in [-0.1, -0.05) is 17.7 Å². The maximum Gasteiger partial charge on any atom is 0.273 e. The molecule has 0 saturated carbocycles. The third-order valence-corrected chi connectivity index (χ3v) is 4.29. The lowest BCUT2D eigenvalue weighted by Gasteiger charge is -2.08. The highest BCUT2D eigenvalue weighted by Crippen LogP contribution is 2.32. The van der Waals surface area contributed by atoms with Crippen LogP contribution in [0.2, 0.25) is 5.02 Å². The number of aliphatic hydroxyl groups is 1. The molecule has 1 aromatic heterocycles. The van der Waals surface area contributed by atoms with Gasteiger partial charge in [0.2, 0.25) is 0 Å². The molecule has 1 heterocycles. The van der Waals surface area contributed by atoms with Gasteiger partial charge in [-0.2, -0.15) is 0 Å². The number of benzene rings is 2. The predicted molar refractivity (Wildman–Crippen MR) is 101 cm³/mol. The van der Waals surface area contributed by atoms with E-state index in [1.165, 1.54) is 18.2 Å². The third-order valence-electron chi connectivity index (χ3n) is 3.98. The summed E-state index contributed by atoms with van der Waals surface area (Å²) in [5, 5.41) is 23.1. The molecule has 3 aromatic rings. The first-order chi connectivity index (χ1) is 12.9. The second-order valence-electron chi connectivity index (χ2n) is 5.83. The summed E-state index contributed by atoms with van der Waals surface area (Å²) in [5.74, 6) is 0.429. The van der Waals surface area contributed by atoms with Crippen LogP contribution in [0, 0.1) is 17.0 Å². The van der Waals surface area contributed by atoms with Crippen LogP contribution in [0.25, 0.3) is 11.3 Å². The highest BCUT2D eigenvalue weighted by Gasteiger charge is 2.16. The van der Waals surface area contributed by atoms with Gasteiger partial charge in [0.05, 0.1) is 9.95 Å². The molecular weight excluding hydrogens is 372 g/mol. The summed E-state index contributed by atoms with van der Waals surface area (Å²) in [4.78, 5) is 22.9. The Kier molecular flexibility index (Phi) is 5.25. The highest BCUT2D eigenvalue weighted by atomic mass is 35.5. The number of nitrogens with one attached hydrogen (secondary N) is 1. The van der Waals surface area contributed by atoms with Gasteiger partial charge in [-0.25, -0.2) is 0 Å². The van der Waals surface area contributed by atoms with Crippen molar-refractivity contribution in [3.05, 3.63) is 80.6 Å². The molecule has 0 aliphatic rings. The molecule has 0 fully saturated rings. The molecule has 0 bridgehead atoms. The first-order valence-electron chi connectivity index (χ1n) is 7.95. The zero-order valence-corrected chi connectivity index (χ0v) is 15.0. The maximum absolute atomic E-state index is 12.4. The summed E-state index contributed by atoms with van der Waals surface area (Å²) < 4.78 is 5.45. The number of carbonyl (C=O) groups excluding carboxylic acids is 1. The van der Waals surface area contributed by atoms with Crippen LogP contribution < -0.4 is 5.32 Å². The number of anilines is 1. The van der Waals surface area contributed by atoms with E-state index in [4.69, 9.17) is 21.1 Å². The molecule has 2 N–H and O–H groups in total. The average Bonchev–Trinajstić information content (AvgIpc) is 3.10. The number of nitro benzene ring substituents is 1. The fraction of sp³-hybridized carbons (Fsp3) is 0.105. The van der Waals surface area contributed by atoms with Crippen LogP contribution in [0.15, 0.2) is 52.9 Å². The summed E-state index contributed by atoms with van der Waals surface area (Å²) >= 11 is 6.27. The van der Waals surface area contributed by atoms with Crippen molar-refractivity contribution in [2.45, 2.75) is 13.5 Å². The van der Waals surface area contributed by atoms with Crippen LogP contribution in [0.5, 0.6) is 0 Å².